The molecular formula is C15H23FN2O. The Bertz CT molecular complexity index is 444. The molecule has 106 valence electrons. The van der Waals surface area contributed by atoms with Gasteiger partial charge in [0.15, 0.2) is 0 Å². The van der Waals surface area contributed by atoms with Crippen LogP contribution in [-0.4, -0.2) is 12.5 Å². The van der Waals surface area contributed by atoms with Crippen molar-refractivity contribution in [3.8, 4) is 0 Å². The van der Waals surface area contributed by atoms with Gasteiger partial charge in [0, 0.05) is 12.1 Å². The van der Waals surface area contributed by atoms with Crippen LogP contribution in [0.15, 0.2) is 18.2 Å². The van der Waals surface area contributed by atoms with Gasteiger partial charge in [0.05, 0.1) is 0 Å². The maximum atomic E-state index is 13.1. The Balaban J connectivity index is 2.49. The minimum Gasteiger partial charge on any atom is -0.330 e. The van der Waals surface area contributed by atoms with Crippen LogP contribution in [0.4, 0.5) is 10.1 Å². The lowest BCUT2D eigenvalue weighted by atomic mass is 9.84. The van der Waals surface area contributed by atoms with E-state index in [0.717, 1.165) is 12.8 Å². The number of hydrogen-bond acceptors (Lipinski definition) is 2. The minimum absolute atomic E-state index is 0.0453. The van der Waals surface area contributed by atoms with Crippen LogP contribution in [0.2, 0.25) is 0 Å². The van der Waals surface area contributed by atoms with Crippen LogP contribution >= 0.6 is 0 Å². The SMILES string of the molecule is Cc1cc(NC(=O)CCC(C)(C)CCN)ccc1F. The molecule has 1 rings (SSSR count). The number of nitrogens with one attached hydrogen (secondary N) is 1. The van der Waals surface area contributed by atoms with E-state index >= 15 is 0 Å². The molecule has 0 aliphatic carbocycles. The van der Waals surface area contributed by atoms with E-state index < -0.39 is 0 Å². The highest BCUT2D eigenvalue weighted by Crippen LogP contribution is 2.26. The van der Waals surface area contributed by atoms with E-state index in [2.05, 4.69) is 19.2 Å². The number of benzene rings is 1. The molecule has 0 spiro atoms. The number of nitrogens with two attached hydrogens (primary N) is 1. The van der Waals surface area contributed by atoms with Gasteiger partial charge >= 0.3 is 0 Å². The van der Waals surface area contributed by atoms with E-state index in [4.69, 9.17) is 5.73 Å². The predicted molar refractivity (Wildman–Crippen MR) is 76.5 cm³/mol. The summed E-state index contributed by atoms with van der Waals surface area (Å²) in [5.41, 5.74) is 6.78. The maximum Gasteiger partial charge on any atom is 0.224 e. The summed E-state index contributed by atoms with van der Waals surface area (Å²) in [6.07, 6.45) is 2.13. The zero-order chi connectivity index (χ0) is 14.5. The van der Waals surface area contributed by atoms with Crippen LogP contribution in [0.3, 0.4) is 0 Å². The van der Waals surface area contributed by atoms with Gasteiger partial charge in [-0.3, -0.25) is 4.79 Å². The highest BCUT2D eigenvalue weighted by Gasteiger charge is 2.18. The van der Waals surface area contributed by atoms with E-state index in [1.54, 1.807) is 19.1 Å². The van der Waals surface area contributed by atoms with Gasteiger partial charge in [-0.15, -0.1) is 0 Å². The van der Waals surface area contributed by atoms with Crippen molar-refractivity contribution < 1.29 is 9.18 Å². The molecule has 0 aromatic heterocycles. The first-order valence-corrected chi connectivity index (χ1v) is 6.60. The topological polar surface area (TPSA) is 55.1 Å². The molecule has 0 fully saturated rings. The molecule has 0 saturated heterocycles. The van der Waals surface area contributed by atoms with Gasteiger partial charge in [-0.1, -0.05) is 13.8 Å². The third-order valence-electron chi connectivity index (χ3n) is 3.29. The molecule has 1 aromatic carbocycles. The summed E-state index contributed by atoms with van der Waals surface area (Å²) in [6.45, 7) is 6.52. The molecule has 0 atom stereocenters. The van der Waals surface area contributed by atoms with E-state index in [0.29, 0.717) is 24.2 Å². The van der Waals surface area contributed by atoms with Crippen molar-refractivity contribution in [3.05, 3.63) is 29.6 Å². The van der Waals surface area contributed by atoms with Crippen molar-refractivity contribution in [1.29, 1.82) is 0 Å². The van der Waals surface area contributed by atoms with Gasteiger partial charge in [-0.2, -0.15) is 0 Å². The summed E-state index contributed by atoms with van der Waals surface area (Å²) in [6, 6.07) is 4.58. The van der Waals surface area contributed by atoms with Gasteiger partial charge in [0.1, 0.15) is 5.82 Å². The van der Waals surface area contributed by atoms with Crippen LogP contribution < -0.4 is 11.1 Å². The number of amides is 1. The first kappa shape index (κ1) is 15.6. The second-order valence-corrected chi connectivity index (χ2v) is 5.72. The summed E-state index contributed by atoms with van der Waals surface area (Å²) in [7, 11) is 0. The molecule has 0 aliphatic rings. The summed E-state index contributed by atoms with van der Waals surface area (Å²) in [5.74, 6) is -0.307. The van der Waals surface area contributed by atoms with Gasteiger partial charge in [-0.05, 0) is 55.5 Å². The smallest absolute Gasteiger partial charge is 0.224 e. The van der Waals surface area contributed by atoms with Crippen LogP contribution in [-0.2, 0) is 4.79 Å². The Morgan fingerprint density at radius 2 is 2.05 bits per heavy atom. The van der Waals surface area contributed by atoms with Crippen LogP contribution in [0.25, 0.3) is 0 Å². The van der Waals surface area contributed by atoms with E-state index in [9.17, 15) is 9.18 Å². The number of carbonyl (C=O) groups is 1. The fourth-order valence-electron chi connectivity index (χ4n) is 1.91. The van der Waals surface area contributed by atoms with Crippen molar-refractivity contribution in [3.63, 3.8) is 0 Å². The number of halogens is 1. The Labute approximate surface area is 114 Å². The van der Waals surface area contributed by atoms with Gasteiger partial charge < -0.3 is 11.1 Å². The molecule has 1 amide bonds. The average Bonchev–Trinajstić information content (AvgIpc) is 2.32. The third kappa shape index (κ3) is 5.39. The van der Waals surface area contributed by atoms with Crippen molar-refractivity contribution >= 4 is 11.6 Å². The van der Waals surface area contributed by atoms with Crippen molar-refractivity contribution in [2.45, 2.75) is 40.0 Å². The van der Waals surface area contributed by atoms with Gasteiger partial charge in [0.2, 0.25) is 5.91 Å². The molecule has 0 saturated carbocycles. The fraction of sp³-hybridized carbons (Fsp3) is 0.533. The maximum absolute atomic E-state index is 13.1. The molecule has 19 heavy (non-hydrogen) atoms. The van der Waals surface area contributed by atoms with Crippen LogP contribution in [0.1, 0.15) is 38.7 Å². The zero-order valence-electron chi connectivity index (χ0n) is 11.9. The highest BCUT2D eigenvalue weighted by molar-refractivity contribution is 5.90. The molecule has 0 radical (unpaired) electrons. The fourth-order valence-corrected chi connectivity index (χ4v) is 1.91. The van der Waals surface area contributed by atoms with E-state index in [-0.39, 0.29) is 17.1 Å². The number of aryl methyl sites for hydroxylation is 1. The lowest BCUT2D eigenvalue weighted by Gasteiger charge is -2.23. The normalized spacial score (nSPS) is 11.4. The summed E-state index contributed by atoms with van der Waals surface area (Å²) in [4.78, 5) is 11.8. The first-order chi connectivity index (χ1) is 8.84. The third-order valence-corrected chi connectivity index (χ3v) is 3.29. The predicted octanol–water partition coefficient (Wildman–Crippen LogP) is 3.23. The number of hydrogen-bond donors (Lipinski definition) is 2. The molecule has 0 unspecified atom stereocenters. The first-order valence-electron chi connectivity index (χ1n) is 6.60. The van der Waals surface area contributed by atoms with E-state index in [1.807, 2.05) is 0 Å². The van der Waals surface area contributed by atoms with Crippen molar-refractivity contribution in [2.24, 2.45) is 11.1 Å². The molecule has 1 aromatic rings. The Morgan fingerprint density at radius 3 is 2.63 bits per heavy atom. The zero-order valence-corrected chi connectivity index (χ0v) is 11.9. The van der Waals surface area contributed by atoms with E-state index in [1.165, 1.54) is 6.07 Å². The van der Waals surface area contributed by atoms with Crippen LogP contribution in [0.5, 0.6) is 0 Å². The average molecular weight is 266 g/mol. The van der Waals surface area contributed by atoms with Gasteiger partial charge in [-0.25, -0.2) is 4.39 Å². The van der Waals surface area contributed by atoms with Crippen LogP contribution in [0, 0.1) is 18.2 Å². The molecule has 3 N–H and O–H groups in total. The molecular weight excluding hydrogens is 243 g/mol. The Hall–Kier alpha value is -1.42. The molecule has 0 bridgehead atoms. The van der Waals surface area contributed by atoms with Crippen molar-refractivity contribution in [1.82, 2.24) is 0 Å². The number of carbonyl (C=O) groups excluding carboxylic acids is 1. The van der Waals surface area contributed by atoms with Gasteiger partial charge in [0.25, 0.3) is 0 Å². The number of anilines is 1. The van der Waals surface area contributed by atoms with Crippen molar-refractivity contribution in [2.75, 3.05) is 11.9 Å². The minimum atomic E-state index is -0.262. The quantitative estimate of drug-likeness (QED) is 0.830. The molecule has 3 nitrogen and oxygen atoms in total. The second-order valence-electron chi connectivity index (χ2n) is 5.72. The molecule has 0 heterocycles. The second kappa shape index (κ2) is 6.66. The molecule has 4 heteroatoms. The molecule has 0 aliphatic heterocycles. The summed E-state index contributed by atoms with van der Waals surface area (Å²) < 4.78 is 13.1. The summed E-state index contributed by atoms with van der Waals surface area (Å²) in [5, 5.41) is 2.79. The highest BCUT2D eigenvalue weighted by atomic mass is 19.1. The Kier molecular flexibility index (Phi) is 5.48. The monoisotopic (exact) mass is 266 g/mol. The lowest BCUT2D eigenvalue weighted by molar-refractivity contribution is -0.116. The number of rotatable bonds is 6. The summed E-state index contributed by atoms with van der Waals surface area (Å²) >= 11 is 0. The lowest BCUT2D eigenvalue weighted by Crippen LogP contribution is -2.20. The standard InChI is InChI=1S/C15H23FN2O/c1-11-10-12(4-5-13(11)16)18-14(19)6-7-15(2,3)8-9-17/h4-5,10H,6-9,17H2,1-3H3,(H,18,19). The largest absolute Gasteiger partial charge is 0.330 e. The Morgan fingerprint density at radius 1 is 1.37 bits per heavy atom.